The molecule has 7 nitrogen and oxygen atoms in total. The van der Waals surface area contributed by atoms with Crippen LogP contribution in [0.4, 0.5) is 0 Å². The van der Waals surface area contributed by atoms with Gasteiger partial charge in [-0.25, -0.2) is 4.98 Å². The Morgan fingerprint density at radius 2 is 2.15 bits per heavy atom. The van der Waals surface area contributed by atoms with Gasteiger partial charge in [-0.05, 0) is 12.1 Å². The number of nitrogens with one attached hydrogen (secondary N) is 1. The molecule has 0 aliphatic carbocycles. The molecule has 134 valence electrons. The van der Waals surface area contributed by atoms with Crippen LogP contribution in [0.2, 0.25) is 0 Å². The first-order chi connectivity index (χ1) is 12.6. The summed E-state index contributed by atoms with van der Waals surface area (Å²) in [6.07, 6.45) is 2.82. The number of para-hydroxylation sites is 1. The van der Waals surface area contributed by atoms with Gasteiger partial charge < -0.3 is 19.5 Å². The molecule has 0 radical (unpaired) electrons. The van der Waals surface area contributed by atoms with Gasteiger partial charge in [-0.1, -0.05) is 12.1 Å². The third kappa shape index (κ3) is 2.42. The molecule has 1 amide bonds. The molecule has 1 N–H and O–H groups in total. The second-order valence-corrected chi connectivity index (χ2v) is 7.27. The molecule has 4 heterocycles. The highest BCUT2D eigenvalue weighted by atomic mass is 16.5. The van der Waals surface area contributed by atoms with Crippen molar-refractivity contribution >= 4 is 11.7 Å². The van der Waals surface area contributed by atoms with E-state index in [-0.39, 0.29) is 11.7 Å². The zero-order valence-electron chi connectivity index (χ0n) is 14.4. The minimum Gasteiger partial charge on any atom is -0.484 e. The summed E-state index contributed by atoms with van der Waals surface area (Å²) in [5.41, 5.74) is 0.502. The van der Waals surface area contributed by atoms with Crippen LogP contribution < -0.4 is 10.1 Å². The maximum Gasteiger partial charge on any atom is 0.274 e. The number of amides is 1. The van der Waals surface area contributed by atoms with Crippen LogP contribution in [0, 0.1) is 0 Å². The maximum atomic E-state index is 12.9. The van der Waals surface area contributed by atoms with Gasteiger partial charge in [-0.3, -0.25) is 9.59 Å². The van der Waals surface area contributed by atoms with Gasteiger partial charge in [0.25, 0.3) is 5.91 Å². The number of benzene rings is 1. The molecule has 3 aliphatic heterocycles. The Labute approximate surface area is 151 Å². The number of rotatable bonds is 1. The van der Waals surface area contributed by atoms with Crippen LogP contribution in [0.15, 0.2) is 30.5 Å². The van der Waals surface area contributed by atoms with E-state index in [4.69, 9.17) is 4.74 Å². The highest BCUT2D eigenvalue weighted by Crippen LogP contribution is 2.38. The van der Waals surface area contributed by atoms with Crippen LogP contribution >= 0.6 is 0 Å². The number of ketones is 1. The zero-order valence-corrected chi connectivity index (χ0v) is 14.4. The molecule has 7 heteroatoms. The highest BCUT2D eigenvalue weighted by Gasteiger charge is 2.47. The molecule has 1 aromatic heterocycles. The molecule has 1 spiro atoms. The molecule has 1 saturated heterocycles. The van der Waals surface area contributed by atoms with E-state index in [0.717, 1.165) is 18.9 Å². The quantitative estimate of drug-likeness (QED) is 0.836. The number of likely N-dealkylation sites (tertiary alicyclic amines) is 1. The smallest absolute Gasteiger partial charge is 0.274 e. The summed E-state index contributed by atoms with van der Waals surface area (Å²) in [5.74, 6) is 1.52. The number of aromatic nitrogens is 2. The van der Waals surface area contributed by atoms with E-state index < -0.39 is 5.60 Å². The van der Waals surface area contributed by atoms with Crippen molar-refractivity contribution in [2.24, 2.45) is 0 Å². The van der Waals surface area contributed by atoms with Crippen molar-refractivity contribution in [1.82, 2.24) is 19.8 Å². The van der Waals surface area contributed by atoms with Crippen LogP contribution in [0.5, 0.6) is 5.75 Å². The van der Waals surface area contributed by atoms with Gasteiger partial charge in [0.15, 0.2) is 5.78 Å². The average molecular weight is 352 g/mol. The van der Waals surface area contributed by atoms with Crippen molar-refractivity contribution in [1.29, 1.82) is 0 Å². The minimum atomic E-state index is -0.609. The van der Waals surface area contributed by atoms with Crippen LogP contribution in [-0.2, 0) is 13.1 Å². The largest absolute Gasteiger partial charge is 0.484 e. The summed E-state index contributed by atoms with van der Waals surface area (Å²) in [7, 11) is 0. The molecule has 26 heavy (non-hydrogen) atoms. The number of Topliss-reactive ketones (excluding diaryl/α,β-unsaturated/α-hetero) is 1. The van der Waals surface area contributed by atoms with E-state index in [1.165, 1.54) is 0 Å². The average Bonchev–Trinajstić information content (AvgIpc) is 3.25. The molecule has 1 fully saturated rings. The van der Waals surface area contributed by atoms with E-state index in [0.29, 0.717) is 49.5 Å². The molecule has 0 unspecified atom stereocenters. The summed E-state index contributed by atoms with van der Waals surface area (Å²) in [5, 5.41) is 3.26. The monoisotopic (exact) mass is 352 g/mol. The van der Waals surface area contributed by atoms with Crippen LogP contribution in [0.3, 0.4) is 0 Å². The fourth-order valence-corrected chi connectivity index (χ4v) is 4.14. The molecule has 3 aliphatic rings. The zero-order chi connectivity index (χ0) is 17.7. The third-order valence-electron chi connectivity index (χ3n) is 5.49. The first-order valence-electron chi connectivity index (χ1n) is 9.01. The van der Waals surface area contributed by atoms with E-state index in [2.05, 4.69) is 10.3 Å². The number of fused-ring (bicyclic) bond motifs is 2. The van der Waals surface area contributed by atoms with Crippen molar-refractivity contribution < 1.29 is 14.3 Å². The predicted molar refractivity (Wildman–Crippen MR) is 93.2 cm³/mol. The summed E-state index contributed by atoms with van der Waals surface area (Å²) in [6, 6.07) is 7.34. The minimum absolute atomic E-state index is 0.0846. The van der Waals surface area contributed by atoms with Gasteiger partial charge in [-0.2, -0.15) is 0 Å². The summed E-state index contributed by atoms with van der Waals surface area (Å²) >= 11 is 0. The van der Waals surface area contributed by atoms with Crippen LogP contribution in [0.25, 0.3) is 0 Å². The van der Waals surface area contributed by atoms with Gasteiger partial charge in [0.05, 0.1) is 25.1 Å². The fourth-order valence-electron chi connectivity index (χ4n) is 4.14. The van der Waals surface area contributed by atoms with Gasteiger partial charge in [0.1, 0.15) is 22.9 Å². The number of imidazole rings is 1. The van der Waals surface area contributed by atoms with Crippen molar-refractivity contribution in [2.75, 3.05) is 19.6 Å². The summed E-state index contributed by atoms with van der Waals surface area (Å²) < 4.78 is 8.23. The molecular weight excluding hydrogens is 332 g/mol. The summed E-state index contributed by atoms with van der Waals surface area (Å²) in [4.78, 5) is 31.7. The predicted octanol–water partition coefficient (Wildman–Crippen LogP) is 1.24. The van der Waals surface area contributed by atoms with Crippen molar-refractivity contribution in [3.8, 4) is 5.75 Å². The van der Waals surface area contributed by atoms with E-state index in [1.54, 1.807) is 11.0 Å². The Morgan fingerprint density at radius 3 is 3.04 bits per heavy atom. The molecule has 2 aromatic rings. The normalized spacial score (nSPS) is 24.3. The standard InChI is InChI=1S/C19H20N4O3/c24-15-9-19(26-16-4-2-1-3-13(15)16)5-7-23(12-19)18(25)14-11-22-8-6-20-10-17(22)21-14/h1-4,11,20H,5-10,12H2/t19-/m0/s1. The molecule has 5 rings (SSSR count). The van der Waals surface area contributed by atoms with Crippen molar-refractivity contribution in [2.45, 2.75) is 31.5 Å². The third-order valence-corrected chi connectivity index (χ3v) is 5.49. The Morgan fingerprint density at radius 1 is 1.27 bits per heavy atom. The number of carbonyl (C=O) groups is 2. The number of hydrogen-bond donors (Lipinski definition) is 1. The molecule has 1 atom stereocenters. The number of nitrogens with zero attached hydrogens (tertiary/aromatic N) is 3. The number of hydrogen-bond acceptors (Lipinski definition) is 5. The Hall–Kier alpha value is -2.67. The molecular formula is C19H20N4O3. The first-order valence-corrected chi connectivity index (χ1v) is 9.01. The lowest BCUT2D eigenvalue weighted by atomic mass is 9.89. The lowest BCUT2D eigenvalue weighted by Crippen LogP contribution is -2.45. The Bertz CT molecular complexity index is 882. The lowest BCUT2D eigenvalue weighted by molar-refractivity contribution is 0.0427. The molecule has 0 bridgehead atoms. The lowest BCUT2D eigenvalue weighted by Gasteiger charge is -2.34. The Balaban J connectivity index is 1.37. The van der Waals surface area contributed by atoms with Crippen LogP contribution in [0.1, 0.15) is 39.5 Å². The maximum absolute atomic E-state index is 12.9. The first kappa shape index (κ1) is 15.6. The summed E-state index contributed by atoms with van der Waals surface area (Å²) in [6.45, 7) is 3.40. The molecule has 0 saturated carbocycles. The van der Waals surface area contributed by atoms with Gasteiger partial charge >= 0.3 is 0 Å². The highest BCUT2D eigenvalue weighted by molar-refractivity contribution is 6.00. The second kappa shape index (κ2) is 5.67. The second-order valence-electron chi connectivity index (χ2n) is 7.27. The van der Waals surface area contributed by atoms with E-state index in [9.17, 15) is 9.59 Å². The number of ether oxygens (including phenoxy) is 1. The number of carbonyl (C=O) groups excluding carboxylic acids is 2. The fraction of sp³-hybridized carbons (Fsp3) is 0.421. The van der Waals surface area contributed by atoms with E-state index in [1.807, 2.05) is 29.0 Å². The van der Waals surface area contributed by atoms with Crippen molar-refractivity contribution in [3.63, 3.8) is 0 Å². The van der Waals surface area contributed by atoms with Gasteiger partial charge in [-0.15, -0.1) is 0 Å². The molecule has 1 aromatic carbocycles. The van der Waals surface area contributed by atoms with Crippen LogP contribution in [-0.4, -0.2) is 51.4 Å². The van der Waals surface area contributed by atoms with Gasteiger partial charge in [0, 0.05) is 32.3 Å². The Kier molecular flexibility index (Phi) is 3.40. The van der Waals surface area contributed by atoms with Gasteiger partial charge in [0.2, 0.25) is 0 Å². The SMILES string of the molecule is O=C1C[C@]2(CCN(C(=O)c3cn4c(n3)CNCC4)C2)Oc2ccccc21. The van der Waals surface area contributed by atoms with E-state index >= 15 is 0 Å². The topological polar surface area (TPSA) is 76.5 Å². The van der Waals surface area contributed by atoms with Crippen molar-refractivity contribution in [3.05, 3.63) is 47.5 Å².